The summed E-state index contributed by atoms with van der Waals surface area (Å²) in [4.78, 5) is 10.6. The Morgan fingerprint density at radius 1 is 1.23 bits per heavy atom. The van der Waals surface area contributed by atoms with Crippen molar-refractivity contribution in [3.8, 4) is 0 Å². The monoisotopic (exact) mass is 348 g/mol. The number of aryl methyl sites for hydroxylation is 1. The molecule has 0 aliphatic carbocycles. The van der Waals surface area contributed by atoms with Gasteiger partial charge in [-0.25, -0.2) is 0 Å². The minimum Gasteiger partial charge on any atom is -0.481 e. The fourth-order valence-corrected chi connectivity index (χ4v) is 3.32. The average Bonchev–Trinajstić information content (AvgIpc) is 2.43. The first-order valence-electron chi connectivity index (χ1n) is 7.13. The molecule has 1 aromatic rings. The van der Waals surface area contributed by atoms with Crippen LogP contribution in [0, 0.1) is 6.92 Å². The van der Waals surface area contributed by atoms with Gasteiger partial charge >= 0.3 is 5.97 Å². The van der Waals surface area contributed by atoms with Crippen LogP contribution in [0.15, 0.2) is 29.2 Å². The van der Waals surface area contributed by atoms with Gasteiger partial charge in [-0.2, -0.15) is 8.42 Å². The lowest BCUT2D eigenvalue weighted by Crippen LogP contribution is -2.19. The van der Waals surface area contributed by atoms with E-state index in [1.165, 1.54) is 12.1 Å². The Hall–Kier alpha value is -1.11. The van der Waals surface area contributed by atoms with Gasteiger partial charge in [0, 0.05) is 12.3 Å². The van der Waals surface area contributed by atoms with Gasteiger partial charge in [-0.15, -0.1) is 11.6 Å². The van der Waals surface area contributed by atoms with Crippen molar-refractivity contribution in [2.75, 3.05) is 5.88 Å². The van der Waals surface area contributed by atoms with Gasteiger partial charge in [0.2, 0.25) is 0 Å². The van der Waals surface area contributed by atoms with Crippen molar-refractivity contribution in [2.45, 2.75) is 50.0 Å². The van der Waals surface area contributed by atoms with Crippen molar-refractivity contribution in [2.24, 2.45) is 0 Å². The topological polar surface area (TPSA) is 80.7 Å². The van der Waals surface area contributed by atoms with E-state index in [-0.39, 0.29) is 17.2 Å². The highest BCUT2D eigenvalue weighted by Crippen LogP contribution is 2.20. The SMILES string of the molecule is Cc1ccc(S(=O)(=O)OC(CCCl)CCCCC(=O)O)cc1. The van der Waals surface area contributed by atoms with Crippen LogP contribution >= 0.6 is 11.6 Å². The molecule has 0 saturated carbocycles. The molecule has 0 aliphatic rings. The normalized spacial score (nSPS) is 13.0. The first-order valence-corrected chi connectivity index (χ1v) is 9.07. The standard InChI is InChI=1S/C15H21ClO5S/c1-12-6-8-14(9-7-12)22(19,20)21-13(10-11-16)4-2-3-5-15(17)18/h6-9,13H,2-5,10-11H2,1H3,(H,17,18). The molecule has 22 heavy (non-hydrogen) atoms. The summed E-state index contributed by atoms with van der Waals surface area (Å²) in [7, 11) is -3.83. The molecular weight excluding hydrogens is 328 g/mol. The summed E-state index contributed by atoms with van der Waals surface area (Å²) in [5.74, 6) is -0.574. The van der Waals surface area contributed by atoms with E-state index in [0.29, 0.717) is 25.7 Å². The molecule has 0 aliphatic heterocycles. The highest BCUT2D eigenvalue weighted by Gasteiger charge is 2.21. The number of hydrogen-bond acceptors (Lipinski definition) is 4. The van der Waals surface area contributed by atoms with Crippen molar-refractivity contribution in [3.05, 3.63) is 29.8 Å². The van der Waals surface area contributed by atoms with E-state index in [1.807, 2.05) is 6.92 Å². The largest absolute Gasteiger partial charge is 0.481 e. The molecule has 0 fully saturated rings. The molecule has 0 heterocycles. The molecule has 7 heteroatoms. The molecule has 0 bridgehead atoms. The lowest BCUT2D eigenvalue weighted by molar-refractivity contribution is -0.137. The quantitative estimate of drug-likeness (QED) is 0.398. The molecule has 1 aromatic carbocycles. The van der Waals surface area contributed by atoms with Gasteiger partial charge in [0.25, 0.3) is 10.1 Å². The van der Waals surface area contributed by atoms with Gasteiger partial charge in [0.05, 0.1) is 11.0 Å². The van der Waals surface area contributed by atoms with Crippen LogP contribution in [0.4, 0.5) is 0 Å². The molecule has 0 radical (unpaired) electrons. The lowest BCUT2D eigenvalue weighted by atomic mass is 10.1. The number of carboxylic acids is 1. The van der Waals surface area contributed by atoms with Crippen LogP contribution in [0.3, 0.4) is 0 Å². The van der Waals surface area contributed by atoms with Crippen LogP contribution in [0.1, 0.15) is 37.7 Å². The number of carboxylic acid groups (broad SMARTS) is 1. The summed E-state index contributed by atoms with van der Waals surface area (Å²) in [6, 6.07) is 6.43. The smallest absolute Gasteiger partial charge is 0.303 e. The molecule has 0 amide bonds. The van der Waals surface area contributed by atoms with E-state index in [4.69, 9.17) is 20.9 Å². The number of rotatable bonds is 10. The summed E-state index contributed by atoms with van der Waals surface area (Å²) in [6.07, 6.45) is 1.47. The zero-order valence-electron chi connectivity index (χ0n) is 12.5. The van der Waals surface area contributed by atoms with Crippen LogP contribution in [-0.2, 0) is 19.1 Å². The Kier molecular flexibility index (Phi) is 7.85. The van der Waals surface area contributed by atoms with Crippen molar-refractivity contribution < 1.29 is 22.5 Å². The molecule has 1 rings (SSSR count). The van der Waals surface area contributed by atoms with Crippen molar-refractivity contribution in [1.29, 1.82) is 0 Å². The number of halogens is 1. The molecule has 5 nitrogen and oxygen atoms in total. The highest BCUT2D eigenvalue weighted by molar-refractivity contribution is 7.86. The maximum Gasteiger partial charge on any atom is 0.303 e. The zero-order valence-corrected chi connectivity index (χ0v) is 14.1. The summed E-state index contributed by atoms with van der Waals surface area (Å²) in [5, 5.41) is 8.59. The van der Waals surface area contributed by atoms with E-state index < -0.39 is 22.2 Å². The fourth-order valence-electron chi connectivity index (χ4n) is 1.95. The van der Waals surface area contributed by atoms with Crippen LogP contribution in [0.5, 0.6) is 0 Å². The Balaban J connectivity index is 2.64. The second kappa shape index (κ2) is 9.12. The van der Waals surface area contributed by atoms with Gasteiger partial charge < -0.3 is 5.11 Å². The van der Waals surface area contributed by atoms with Crippen molar-refractivity contribution in [3.63, 3.8) is 0 Å². The average molecular weight is 349 g/mol. The molecular formula is C15H21ClO5S. The third-order valence-corrected chi connectivity index (χ3v) is 4.76. The predicted molar refractivity (Wildman–Crippen MR) is 84.7 cm³/mol. The van der Waals surface area contributed by atoms with Gasteiger partial charge in [0.1, 0.15) is 0 Å². The second-order valence-corrected chi connectivity index (χ2v) is 7.05. The van der Waals surface area contributed by atoms with E-state index in [1.54, 1.807) is 12.1 Å². The predicted octanol–water partition coefficient (Wildman–Crippen LogP) is 3.34. The highest BCUT2D eigenvalue weighted by atomic mass is 35.5. The summed E-state index contributed by atoms with van der Waals surface area (Å²) in [6.45, 7) is 1.87. The van der Waals surface area contributed by atoms with Crippen LogP contribution in [0.25, 0.3) is 0 Å². The number of benzene rings is 1. The first-order chi connectivity index (χ1) is 10.3. The van der Waals surface area contributed by atoms with E-state index in [0.717, 1.165) is 5.56 Å². The lowest BCUT2D eigenvalue weighted by Gasteiger charge is -2.16. The third kappa shape index (κ3) is 6.77. The number of hydrogen-bond donors (Lipinski definition) is 1. The first kappa shape index (κ1) is 18.9. The molecule has 0 spiro atoms. The van der Waals surface area contributed by atoms with Gasteiger partial charge in [0.15, 0.2) is 0 Å². The number of aliphatic carboxylic acids is 1. The Labute approximate surface area is 136 Å². The minimum absolute atomic E-state index is 0.0678. The summed E-state index contributed by atoms with van der Waals surface area (Å²) >= 11 is 5.69. The van der Waals surface area contributed by atoms with Crippen LogP contribution in [-0.4, -0.2) is 31.5 Å². The van der Waals surface area contributed by atoms with E-state index in [2.05, 4.69) is 0 Å². The number of carbonyl (C=O) groups is 1. The molecule has 1 atom stereocenters. The summed E-state index contributed by atoms with van der Waals surface area (Å²) in [5.41, 5.74) is 0.963. The molecule has 1 unspecified atom stereocenters. The van der Waals surface area contributed by atoms with Crippen molar-refractivity contribution >= 4 is 27.7 Å². The van der Waals surface area contributed by atoms with Gasteiger partial charge in [-0.3, -0.25) is 8.98 Å². The number of unbranched alkanes of at least 4 members (excludes halogenated alkanes) is 1. The molecule has 0 saturated heterocycles. The number of alkyl halides is 1. The molecule has 1 N–H and O–H groups in total. The van der Waals surface area contributed by atoms with Crippen LogP contribution < -0.4 is 0 Å². The van der Waals surface area contributed by atoms with Crippen molar-refractivity contribution in [1.82, 2.24) is 0 Å². The molecule has 0 aromatic heterocycles. The van der Waals surface area contributed by atoms with E-state index in [9.17, 15) is 13.2 Å². The van der Waals surface area contributed by atoms with Gasteiger partial charge in [-0.05, 0) is 38.3 Å². The van der Waals surface area contributed by atoms with Gasteiger partial charge in [-0.1, -0.05) is 24.1 Å². The maximum absolute atomic E-state index is 12.2. The van der Waals surface area contributed by atoms with E-state index >= 15 is 0 Å². The Morgan fingerprint density at radius 3 is 2.41 bits per heavy atom. The minimum atomic E-state index is -3.83. The fraction of sp³-hybridized carbons (Fsp3) is 0.533. The summed E-state index contributed by atoms with van der Waals surface area (Å²) < 4.78 is 29.7. The Morgan fingerprint density at radius 2 is 1.86 bits per heavy atom. The molecule has 124 valence electrons. The zero-order chi connectivity index (χ0) is 16.6. The van der Waals surface area contributed by atoms with Crippen LogP contribution in [0.2, 0.25) is 0 Å². The Bertz CT molecular complexity index is 568. The second-order valence-electron chi connectivity index (χ2n) is 5.10. The third-order valence-electron chi connectivity index (χ3n) is 3.17. The maximum atomic E-state index is 12.2.